The minimum Gasteiger partial charge on any atom is -0.389 e. The summed E-state index contributed by atoms with van der Waals surface area (Å²) in [5, 5.41) is 9.57. The van der Waals surface area contributed by atoms with Crippen LogP contribution in [0.15, 0.2) is 48.7 Å². The Labute approximate surface area is 108 Å². The molecule has 2 aromatic rings. The molecule has 94 valence electrons. The minimum absolute atomic E-state index is 0.461. The summed E-state index contributed by atoms with van der Waals surface area (Å²) < 4.78 is 0. The Hall–Kier alpha value is -1.87. The molecule has 1 aromatic heterocycles. The summed E-state index contributed by atoms with van der Waals surface area (Å²) in [5.74, 6) is 0.872. The highest BCUT2D eigenvalue weighted by molar-refractivity contribution is 5.41. The highest BCUT2D eigenvalue weighted by atomic mass is 16.3. The fraction of sp³-hybridized carbons (Fsp3) is 0.267. The third-order valence-corrected chi connectivity index (χ3v) is 2.91. The predicted molar refractivity (Wildman–Crippen MR) is 73.4 cm³/mol. The van der Waals surface area contributed by atoms with Crippen LogP contribution < -0.4 is 4.90 Å². The molecule has 1 heterocycles. The van der Waals surface area contributed by atoms with Crippen molar-refractivity contribution in [3.05, 3.63) is 59.8 Å². The highest BCUT2D eigenvalue weighted by Gasteiger charge is 2.06. The van der Waals surface area contributed by atoms with E-state index in [-0.39, 0.29) is 0 Å². The van der Waals surface area contributed by atoms with Crippen molar-refractivity contribution >= 4 is 5.82 Å². The Balaban J connectivity index is 2.14. The maximum atomic E-state index is 9.57. The molecule has 0 spiro atoms. The van der Waals surface area contributed by atoms with Gasteiger partial charge in [-0.1, -0.05) is 30.3 Å². The molecule has 18 heavy (non-hydrogen) atoms. The Morgan fingerprint density at radius 2 is 1.94 bits per heavy atom. The largest absolute Gasteiger partial charge is 0.389 e. The van der Waals surface area contributed by atoms with E-state index >= 15 is 0 Å². The van der Waals surface area contributed by atoms with Crippen LogP contribution in [0.4, 0.5) is 5.82 Å². The van der Waals surface area contributed by atoms with Crippen LogP contribution in [0.3, 0.4) is 0 Å². The first-order valence-electron chi connectivity index (χ1n) is 6.06. The second-order valence-electron chi connectivity index (χ2n) is 4.47. The maximum Gasteiger partial charge on any atom is 0.128 e. The monoisotopic (exact) mass is 242 g/mol. The van der Waals surface area contributed by atoms with E-state index in [0.717, 1.165) is 17.9 Å². The summed E-state index contributed by atoms with van der Waals surface area (Å²) in [6.45, 7) is 2.56. The zero-order valence-corrected chi connectivity index (χ0v) is 10.7. The Bertz CT molecular complexity index is 497. The van der Waals surface area contributed by atoms with E-state index < -0.39 is 6.10 Å². The molecule has 1 aromatic carbocycles. The van der Waals surface area contributed by atoms with Crippen LogP contribution in [0, 0.1) is 0 Å². The summed E-state index contributed by atoms with van der Waals surface area (Å²) in [6.07, 6.45) is 1.27. The molecule has 0 saturated carbocycles. The number of aromatic nitrogens is 1. The van der Waals surface area contributed by atoms with Gasteiger partial charge in [0.1, 0.15) is 5.82 Å². The van der Waals surface area contributed by atoms with Crippen molar-refractivity contribution in [3.8, 4) is 0 Å². The van der Waals surface area contributed by atoms with Crippen molar-refractivity contribution in [2.75, 3.05) is 11.9 Å². The summed E-state index contributed by atoms with van der Waals surface area (Å²) in [5.41, 5.74) is 2.13. The van der Waals surface area contributed by atoms with Crippen molar-refractivity contribution in [1.82, 2.24) is 4.98 Å². The van der Waals surface area contributed by atoms with Gasteiger partial charge in [-0.05, 0) is 30.2 Å². The first-order valence-corrected chi connectivity index (χ1v) is 6.06. The second kappa shape index (κ2) is 5.65. The fourth-order valence-electron chi connectivity index (χ4n) is 1.84. The Kier molecular flexibility index (Phi) is 3.95. The van der Waals surface area contributed by atoms with Gasteiger partial charge in [0.2, 0.25) is 0 Å². The third-order valence-electron chi connectivity index (χ3n) is 2.91. The smallest absolute Gasteiger partial charge is 0.128 e. The van der Waals surface area contributed by atoms with Crippen LogP contribution in [0.5, 0.6) is 0 Å². The van der Waals surface area contributed by atoms with Gasteiger partial charge < -0.3 is 10.0 Å². The normalized spacial score (nSPS) is 12.2. The van der Waals surface area contributed by atoms with Gasteiger partial charge in [0.15, 0.2) is 0 Å². The molecule has 0 aliphatic carbocycles. The van der Waals surface area contributed by atoms with Gasteiger partial charge in [-0.25, -0.2) is 4.98 Å². The van der Waals surface area contributed by atoms with E-state index in [2.05, 4.69) is 22.0 Å². The first kappa shape index (κ1) is 12.6. The lowest BCUT2D eigenvalue weighted by molar-refractivity contribution is 0.199. The van der Waals surface area contributed by atoms with Crippen LogP contribution in [0.2, 0.25) is 0 Å². The molecular weight excluding hydrogens is 224 g/mol. The average Bonchev–Trinajstić information content (AvgIpc) is 2.40. The topological polar surface area (TPSA) is 36.4 Å². The molecule has 0 bridgehead atoms. The molecule has 0 radical (unpaired) electrons. The van der Waals surface area contributed by atoms with E-state index in [1.807, 2.05) is 37.4 Å². The van der Waals surface area contributed by atoms with Crippen molar-refractivity contribution in [3.63, 3.8) is 0 Å². The maximum absolute atomic E-state index is 9.57. The average molecular weight is 242 g/mol. The quantitative estimate of drug-likeness (QED) is 0.895. The van der Waals surface area contributed by atoms with Gasteiger partial charge in [-0.3, -0.25) is 0 Å². The number of hydrogen-bond acceptors (Lipinski definition) is 3. The van der Waals surface area contributed by atoms with Crippen molar-refractivity contribution < 1.29 is 5.11 Å². The highest BCUT2D eigenvalue weighted by Crippen LogP contribution is 2.18. The van der Waals surface area contributed by atoms with Crippen molar-refractivity contribution in [1.29, 1.82) is 0 Å². The summed E-state index contributed by atoms with van der Waals surface area (Å²) >= 11 is 0. The molecule has 2 rings (SSSR count). The fourth-order valence-corrected chi connectivity index (χ4v) is 1.84. The lowest BCUT2D eigenvalue weighted by atomic mass is 10.1. The van der Waals surface area contributed by atoms with Gasteiger partial charge >= 0.3 is 0 Å². The van der Waals surface area contributed by atoms with Crippen LogP contribution in [-0.4, -0.2) is 17.1 Å². The molecule has 0 aliphatic heterocycles. The molecule has 0 fully saturated rings. The van der Waals surface area contributed by atoms with E-state index in [1.54, 1.807) is 13.1 Å². The molecule has 0 aliphatic rings. The summed E-state index contributed by atoms with van der Waals surface area (Å²) in [7, 11) is 2.00. The number of nitrogens with zero attached hydrogens (tertiary/aromatic N) is 2. The number of aliphatic hydroxyl groups is 1. The zero-order chi connectivity index (χ0) is 13.0. The van der Waals surface area contributed by atoms with Crippen LogP contribution >= 0.6 is 0 Å². The second-order valence-corrected chi connectivity index (χ2v) is 4.47. The predicted octanol–water partition coefficient (Wildman–Crippen LogP) is 2.77. The SMILES string of the molecule is C[C@H](O)c1ccnc(N(C)Cc2ccccc2)c1. The molecular formula is C15H18N2O. The van der Waals surface area contributed by atoms with E-state index in [0.29, 0.717) is 0 Å². The van der Waals surface area contributed by atoms with Crippen LogP contribution in [0.25, 0.3) is 0 Å². The van der Waals surface area contributed by atoms with E-state index in [1.165, 1.54) is 5.56 Å². The zero-order valence-electron chi connectivity index (χ0n) is 10.7. The number of rotatable bonds is 4. The third kappa shape index (κ3) is 3.08. The standard InChI is InChI=1S/C15H18N2O/c1-12(18)14-8-9-16-15(10-14)17(2)11-13-6-4-3-5-7-13/h3-10,12,18H,11H2,1-2H3/t12-/m0/s1. The Morgan fingerprint density at radius 3 is 2.61 bits per heavy atom. The number of benzene rings is 1. The molecule has 3 nitrogen and oxygen atoms in total. The molecule has 1 atom stereocenters. The lowest BCUT2D eigenvalue weighted by Crippen LogP contribution is -2.17. The lowest BCUT2D eigenvalue weighted by Gasteiger charge is -2.19. The van der Waals surface area contributed by atoms with Gasteiger partial charge in [0, 0.05) is 19.8 Å². The van der Waals surface area contributed by atoms with Crippen LogP contribution in [-0.2, 0) is 6.54 Å². The molecule has 0 saturated heterocycles. The van der Waals surface area contributed by atoms with Gasteiger partial charge in [0.25, 0.3) is 0 Å². The molecule has 0 amide bonds. The van der Waals surface area contributed by atoms with Crippen molar-refractivity contribution in [2.24, 2.45) is 0 Å². The molecule has 0 unspecified atom stereocenters. The first-order chi connectivity index (χ1) is 8.66. The molecule has 3 heteroatoms. The van der Waals surface area contributed by atoms with Gasteiger partial charge in [0.05, 0.1) is 6.10 Å². The number of pyridine rings is 1. The van der Waals surface area contributed by atoms with Gasteiger partial charge in [-0.2, -0.15) is 0 Å². The summed E-state index contributed by atoms with van der Waals surface area (Å²) in [4.78, 5) is 6.40. The number of aliphatic hydroxyl groups excluding tert-OH is 1. The van der Waals surface area contributed by atoms with Gasteiger partial charge in [-0.15, -0.1) is 0 Å². The molecule has 1 N–H and O–H groups in total. The minimum atomic E-state index is -0.461. The van der Waals surface area contributed by atoms with E-state index in [4.69, 9.17) is 0 Å². The van der Waals surface area contributed by atoms with Crippen LogP contribution in [0.1, 0.15) is 24.2 Å². The number of hydrogen-bond donors (Lipinski definition) is 1. The number of anilines is 1. The Morgan fingerprint density at radius 1 is 1.22 bits per heavy atom. The summed E-state index contributed by atoms with van der Waals surface area (Å²) in [6, 6.07) is 14.0. The van der Waals surface area contributed by atoms with Crippen molar-refractivity contribution in [2.45, 2.75) is 19.6 Å². The van der Waals surface area contributed by atoms with E-state index in [9.17, 15) is 5.11 Å².